The van der Waals surface area contributed by atoms with Crippen LogP contribution in [-0.4, -0.2) is 41.1 Å². The number of carbonyl (C=O) groups excluding carboxylic acids is 1. The summed E-state index contributed by atoms with van der Waals surface area (Å²) < 4.78 is 53.2. The lowest BCUT2D eigenvalue weighted by molar-refractivity contribution is -0.183. The van der Waals surface area contributed by atoms with Crippen LogP contribution in [0.25, 0.3) is 11.1 Å². The van der Waals surface area contributed by atoms with Crippen LogP contribution in [0.15, 0.2) is 48.5 Å². The van der Waals surface area contributed by atoms with Crippen LogP contribution in [0.3, 0.4) is 0 Å². The van der Waals surface area contributed by atoms with E-state index >= 15 is 0 Å². The van der Waals surface area contributed by atoms with Gasteiger partial charge in [0.15, 0.2) is 0 Å². The third-order valence-corrected chi connectivity index (χ3v) is 5.31. The first-order chi connectivity index (χ1) is 13.6. The van der Waals surface area contributed by atoms with Crippen LogP contribution in [-0.2, 0) is 4.79 Å². The molecule has 0 radical (unpaired) electrons. The number of benzene rings is 2. The molecule has 2 aromatic rings. The summed E-state index contributed by atoms with van der Waals surface area (Å²) in [5.41, 5.74) is -1.13. The van der Waals surface area contributed by atoms with Crippen LogP contribution in [0.1, 0.15) is 29.6 Å². The Morgan fingerprint density at radius 3 is 2.17 bits per heavy atom. The van der Waals surface area contributed by atoms with Crippen molar-refractivity contribution in [3.05, 3.63) is 59.9 Å². The minimum atomic E-state index is -4.63. The number of likely N-dealkylation sites (tertiary alicyclic amines) is 1. The molecule has 1 aliphatic heterocycles. The fourth-order valence-corrected chi connectivity index (χ4v) is 3.75. The standard InChI is InChI=1S/C21H19F4NO3/c22-16-8-4-7-15(14-5-2-1-3-6-14)17(16)18(27)26-11-9-20(10-12-26,19(28)29)13-21(23,24)25/h1-8H,9-13H2,(H,28,29). The Morgan fingerprint density at radius 1 is 1.00 bits per heavy atom. The van der Waals surface area contributed by atoms with Crippen molar-refractivity contribution in [1.82, 2.24) is 4.90 Å². The van der Waals surface area contributed by atoms with E-state index in [0.717, 1.165) is 6.07 Å². The Bertz CT molecular complexity index is 904. The molecule has 154 valence electrons. The van der Waals surface area contributed by atoms with Gasteiger partial charge >= 0.3 is 12.1 Å². The fourth-order valence-electron chi connectivity index (χ4n) is 3.75. The summed E-state index contributed by atoms with van der Waals surface area (Å²) in [7, 11) is 0. The molecule has 3 rings (SSSR count). The van der Waals surface area contributed by atoms with Gasteiger partial charge in [0.05, 0.1) is 17.4 Å². The molecule has 4 nitrogen and oxygen atoms in total. The lowest BCUT2D eigenvalue weighted by Crippen LogP contribution is -2.48. The molecule has 0 unspecified atom stereocenters. The normalized spacial score (nSPS) is 16.5. The summed E-state index contributed by atoms with van der Waals surface area (Å²) in [5.74, 6) is -2.92. The summed E-state index contributed by atoms with van der Waals surface area (Å²) in [6, 6.07) is 12.9. The van der Waals surface area contributed by atoms with Gasteiger partial charge in [0.1, 0.15) is 5.82 Å². The molecule has 0 bridgehead atoms. The molecular weight excluding hydrogens is 390 g/mol. The maximum Gasteiger partial charge on any atom is 0.390 e. The maximum atomic E-state index is 14.6. The van der Waals surface area contributed by atoms with Crippen molar-refractivity contribution in [3.8, 4) is 11.1 Å². The van der Waals surface area contributed by atoms with Crippen molar-refractivity contribution in [2.24, 2.45) is 5.41 Å². The number of hydrogen-bond donors (Lipinski definition) is 1. The Morgan fingerprint density at radius 2 is 1.62 bits per heavy atom. The molecule has 0 spiro atoms. The highest BCUT2D eigenvalue weighted by Crippen LogP contribution is 2.42. The molecule has 1 aliphatic rings. The summed E-state index contributed by atoms with van der Waals surface area (Å²) in [4.78, 5) is 25.8. The Balaban J connectivity index is 1.86. The van der Waals surface area contributed by atoms with E-state index < -0.39 is 35.7 Å². The lowest BCUT2D eigenvalue weighted by atomic mass is 9.75. The van der Waals surface area contributed by atoms with Gasteiger partial charge in [0.2, 0.25) is 0 Å². The molecule has 0 saturated carbocycles. The molecule has 1 fully saturated rings. The van der Waals surface area contributed by atoms with E-state index in [1.54, 1.807) is 36.4 Å². The smallest absolute Gasteiger partial charge is 0.390 e. The number of amides is 1. The molecule has 2 aromatic carbocycles. The number of alkyl halides is 3. The van der Waals surface area contributed by atoms with E-state index in [1.807, 2.05) is 0 Å². The highest BCUT2D eigenvalue weighted by Gasteiger charge is 2.50. The van der Waals surface area contributed by atoms with Gasteiger partial charge < -0.3 is 10.0 Å². The van der Waals surface area contributed by atoms with Crippen molar-refractivity contribution in [1.29, 1.82) is 0 Å². The Hall–Kier alpha value is -2.90. The number of carboxylic acid groups (broad SMARTS) is 1. The summed E-state index contributed by atoms with van der Waals surface area (Å²) >= 11 is 0. The van der Waals surface area contributed by atoms with Gasteiger partial charge in [0, 0.05) is 13.1 Å². The number of halogens is 4. The Kier molecular flexibility index (Phi) is 5.64. The first-order valence-electron chi connectivity index (χ1n) is 9.06. The SMILES string of the molecule is O=C(c1c(F)cccc1-c1ccccc1)N1CCC(CC(F)(F)F)(C(=O)O)CC1. The molecule has 0 atom stereocenters. The van der Waals surface area contributed by atoms with Gasteiger partial charge in [-0.1, -0.05) is 42.5 Å². The Labute approximate surface area is 164 Å². The number of hydrogen-bond acceptors (Lipinski definition) is 2. The summed E-state index contributed by atoms with van der Waals surface area (Å²) in [6.07, 6.45) is -6.77. The second kappa shape index (κ2) is 7.85. The van der Waals surface area contributed by atoms with Crippen molar-refractivity contribution in [2.45, 2.75) is 25.4 Å². The summed E-state index contributed by atoms with van der Waals surface area (Å²) in [5, 5.41) is 9.37. The molecule has 1 N–H and O–H groups in total. The predicted octanol–water partition coefficient (Wildman–Crippen LogP) is 4.75. The van der Waals surface area contributed by atoms with Crippen molar-refractivity contribution < 1.29 is 32.3 Å². The second-order valence-electron chi connectivity index (χ2n) is 7.20. The van der Waals surface area contributed by atoms with E-state index in [0.29, 0.717) is 11.1 Å². The van der Waals surface area contributed by atoms with Crippen LogP contribution < -0.4 is 0 Å². The molecule has 1 heterocycles. The number of nitrogens with zero attached hydrogens (tertiary/aromatic N) is 1. The number of aliphatic carboxylic acids is 1. The number of carbonyl (C=O) groups is 2. The molecule has 1 saturated heterocycles. The molecule has 1 amide bonds. The van der Waals surface area contributed by atoms with Gasteiger partial charge in [-0.3, -0.25) is 9.59 Å². The van der Waals surface area contributed by atoms with E-state index in [-0.39, 0.29) is 31.5 Å². The number of rotatable bonds is 4. The minimum absolute atomic E-state index is 0.169. The van der Waals surface area contributed by atoms with Crippen LogP contribution in [0.4, 0.5) is 17.6 Å². The quantitative estimate of drug-likeness (QED) is 0.742. The minimum Gasteiger partial charge on any atom is -0.481 e. The summed E-state index contributed by atoms with van der Waals surface area (Å²) in [6.45, 7) is -0.381. The van der Waals surface area contributed by atoms with Crippen LogP contribution in [0.2, 0.25) is 0 Å². The average Bonchev–Trinajstić information content (AvgIpc) is 2.67. The van der Waals surface area contributed by atoms with Crippen molar-refractivity contribution in [2.75, 3.05) is 13.1 Å². The number of carboxylic acids is 1. The molecule has 8 heteroatoms. The van der Waals surface area contributed by atoms with Crippen molar-refractivity contribution >= 4 is 11.9 Å². The van der Waals surface area contributed by atoms with Gasteiger partial charge in [0.25, 0.3) is 5.91 Å². The largest absolute Gasteiger partial charge is 0.481 e. The third kappa shape index (κ3) is 4.41. The zero-order valence-electron chi connectivity index (χ0n) is 15.4. The maximum absolute atomic E-state index is 14.6. The highest BCUT2D eigenvalue weighted by atomic mass is 19.4. The third-order valence-electron chi connectivity index (χ3n) is 5.31. The molecular formula is C21H19F4NO3. The van der Waals surface area contributed by atoms with E-state index in [1.165, 1.54) is 11.0 Å². The molecule has 0 aromatic heterocycles. The molecule has 0 aliphatic carbocycles. The fraction of sp³-hybridized carbons (Fsp3) is 0.333. The average molecular weight is 409 g/mol. The van der Waals surface area contributed by atoms with Gasteiger partial charge in [-0.25, -0.2) is 4.39 Å². The monoisotopic (exact) mass is 409 g/mol. The lowest BCUT2D eigenvalue weighted by Gasteiger charge is -2.39. The van der Waals surface area contributed by atoms with E-state index in [4.69, 9.17) is 0 Å². The van der Waals surface area contributed by atoms with Gasteiger partial charge in [-0.05, 0) is 30.0 Å². The van der Waals surface area contributed by atoms with Crippen molar-refractivity contribution in [3.63, 3.8) is 0 Å². The highest BCUT2D eigenvalue weighted by molar-refractivity contribution is 6.01. The van der Waals surface area contributed by atoms with Crippen LogP contribution in [0.5, 0.6) is 0 Å². The van der Waals surface area contributed by atoms with Crippen LogP contribution >= 0.6 is 0 Å². The van der Waals surface area contributed by atoms with E-state index in [2.05, 4.69) is 0 Å². The second-order valence-corrected chi connectivity index (χ2v) is 7.20. The van der Waals surface area contributed by atoms with Crippen LogP contribution in [0, 0.1) is 11.2 Å². The first kappa shape index (κ1) is 20.8. The van der Waals surface area contributed by atoms with Gasteiger partial charge in [-0.15, -0.1) is 0 Å². The first-order valence-corrected chi connectivity index (χ1v) is 9.06. The van der Waals surface area contributed by atoms with Gasteiger partial charge in [-0.2, -0.15) is 13.2 Å². The number of piperidine rings is 1. The van der Waals surface area contributed by atoms with E-state index in [9.17, 15) is 32.3 Å². The predicted molar refractivity (Wildman–Crippen MR) is 97.7 cm³/mol. The zero-order chi connectivity index (χ0) is 21.2. The zero-order valence-corrected chi connectivity index (χ0v) is 15.4. The topological polar surface area (TPSA) is 57.6 Å². The molecule has 29 heavy (non-hydrogen) atoms.